The first-order chi connectivity index (χ1) is 17.5. The van der Waals surface area contributed by atoms with Crippen LogP contribution in [0, 0.1) is 18.6 Å². The van der Waals surface area contributed by atoms with Gasteiger partial charge in [0.1, 0.15) is 17.8 Å². The maximum atomic E-state index is 13.6. The molecule has 4 heterocycles. The standard InChI is InChI=1S/C26H34F2N8/c1-3-4-21-16-35(26-18(2)32-24(14-29-26)25-30-17-31-33-25)11-12-36(21)20-7-9-34(10-8-20)15-19-5-6-22(27)23(28)13-19/h5-6,13-14,17,20-21H,3-4,7-12,15-16H2,1-2H3,(H,30,31,33)/t21-/m0/s1. The fourth-order valence-corrected chi connectivity index (χ4v) is 5.67. The minimum Gasteiger partial charge on any atom is -0.352 e. The highest BCUT2D eigenvalue weighted by molar-refractivity contribution is 5.52. The number of aromatic nitrogens is 5. The van der Waals surface area contributed by atoms with Crippen LogP contribution in [0.1, 0.15) is 43.9 Å². The van der Waals surface area contributed by atoms with Crippen LogP contribution in [0.15, 0.2) is 30.7 Å². The molecule has 0 radical (unpaired) electrons. The first kappa shape index (κ1) is 24.7. The summed E-state index contributed by atoms with van der Waals surface area (Å²) in [4.78, 5) is 21.1. The van der Waals surface area contributed by atoms with Crippen molar-refractivity contribution < 1.29 is 8.78 Å². The second-order valence-electron chi connectivity index (χ2n) is 9.88. The minimum atomic E-state index is -0.787. The Kier molecular flexibility index (Phi) is 7.52. The lowest BCUT2D eigenvalue weighted by Gasteiger charge is -2.48. The Morgan fingerprint density at radius 2 is 1.89 bits per heavy atom. The van der Waals surface area contributed by atoms with Gasteiger partial charge in [-0.05, 0) is 57.0 Å². The molecule has 8 nitrogen and oxygen atoms in total. The molecule has 2 aliphatic rings. The quantitative estimate of drug-likeness (QED) is 0.533. The molecule has 2 fully saturated rings. The molecule has 2 saturated heterocycles. The van der Waals surface area contributed by atoms with Crippen molar-refractivity contribution in [1.82, 2.24) is 34.9 Å². The van der Waals surface area contributed by atoms with Crippen LogP contribution in [0.5, 0.6) is 0 Å². The van der Waals surface area contributed by atoms with Crippen molar-refractivity contribution in [3.8, 4) is 11.5 Å². The van der Waals surface area contributed by atoms with Crippen LogP contribution in [0.25, 0.3) is 11.5 Å². The molecule has 0 aliphatic carbocycles. The van der Waals surface area contributed by atoms with E-state index in [1.165, 1.54) is 18.5 Å². The Balaban J connectivity index is 1.20. The van der Waals surface area contributed by atoms with Crippen LogP contribution in [-0.4, -0.2) is 79.8 Å². The van der Waals surface area contributed by atoms with E-state index in [1.807, 2.05) is 6.92 Å². The van der Waals surface area contributed by atoms with Crippen LogP contribution >= 0.6 is 0 Å². The molecule has 3 aromatic rings. The van der Waals surface area contributed by atoms with E-state index in [2.05, 4.69) is 36.8 Å². The summed E-state index contributed by atoms with van der Waals surface area (Å²) in [6.07, 6.45) is 7.71. The summed E-state index contributed by atoms with van der Waals surface area (Å²) in [5.74, 6) is 0.0165. The van der Waals surface area contributed by atoms with Crippen LogP contribution in [-0.2, 0) is 6.54 Å². The van der Waals surface area contributed by atoms with E-state index < -0.39 is 11.6 Å². The zero-order valence-electron chi connectivity index (χ0n) is 21.0. The van der Waals surface area contributed by atoms with Crippen molar-refractivity contribution in [1.29, 1.82) is 0 Å². The van der Waals surface area contributed by atoms with Gasteiger partial charge in [0.15, 0.2) is 17.5 Å². The van der Waals surface area contributed by atoms with Crippen molar-refractivity contribution in [2.75, 3.05) is 37.6 Å². The summed E-state index contributed by atoms with van der Waals surface area (Å²) in [7, 11) is 0. The molecule has 2 aliphatic heterocycles. The summed E-state index contributed by atoms with van der Waals surface area (Å²) < 4.78 is 26.9. The van der Waals surface area contributed by atoms with Crippen LogP contribution in [0.3, 0.4) is 0 Å². The fourth-order valence-electron chi connectivity index (χ4n) is 5.67. The molecule has 0 bridgehead atoms. The lowest BCUT2D eigenvalue weighted by molar-refractivity contribution is 0.0589. The molecular weight excluding hydrogens is 462 g/mol. The number of piperazine rings is 1. The second-order valence-corrected chi connectivity index (χ2v) is 9.88. The van der Waals surface area contributed by atoms with E-state index in [9.17, 15) is 8.78 Å². The number of anilines is 1. The molecule has 0 saturated carbocycles. The third kappa shape index (κ3) is 5.39. The maximum absolute atomic E-state index is 13.6. The Morgan fingerprint density at radius 3 is 2.58 bits per heavy atom. The number of rotatable bonds is 7. The Hall–Kier alpha value is -2.98. The minimum absolute atomic E-state index is 0.474. The summed E-state index contributed by atoms with van der Waals surface area (Å²) in [5.41, 5.74) is 2.43. The molecule has 0 spiro atoms. The largest absolute Gasteiger partial charge is 0.352 e. The third-order valence-corrected chi connectivity index (χ3v) is 7.44. The lowest BCUT2D eigenvalue weighted by Crippen LogP contribution is -2.58. The third-order valence-electron chi connectivity index (χ3n) is 7.44. The number of piperidine rings is 1. The van der Waals surface area contributed by atoms with Gasteiger partial charge in [-0.2, -0.15) is 5.10 Å². The van der Waals surface area contributed by atoms with E-state index >= 15 is 0 Å². The van der Waals surface area contributed by atoms with Crippen molar-refractivity contribution in [2.45, 2.75) is 58.2 Å². The molecule has 1 N–H and O–H groups in total. The van der Waals surface area contributed by atoms with Gasteiger partial charge < -0.3 is 4.90 Å². The van der Waals surface area contributed by atoms with E-state index in [-0.39, 0.29) is 0 Å². The van der Waals surface area contributed by atoms with Crippen molar-refractivity contribution in [3.05, 3.63) is 53.6 Å². The first-order valence-electron chi connectivity index (χ1n) is 12.9. The highest BCUT2D eigenvalue weighted by atomic mass is 19.2. The second kappa shape index (κ2) is 11.0. The topological polar surface area (TPSA) is 77.1 Å². The summed E-state index contributed by atoms with van der Waals surface area (Å²) in [6.45, 7) is 9.73. The van der Waals surface area contributed by atoms with Gasteiger partial charge in [-0.3, -0.25) is 14.9 Å². The van der Waals surface area contributed by atoms with E-state index in [0.29, 0.717) is 30.1 Å². The maximum Gasteiger partial charge on any atom is 0.175 e. The average molecular weight is 497 g/mol. The number of H-pyrrole nitrogens is 1. The lowest BCUT2D eigenvalue weighted by atomic mass is 9.97. The number of aryl methyl sites for hydroxylation is 1. The predicted molar refractivity (Wildman–Crippen MR) is 134 cm³/mol. The number of likely N-dealkylation sites (tertiary alicyclic amines) is 1. The van der Waals surface area contributed by atoms with Crippen LogP contribution in [0.2, 0.25) is 0 Å². The van der Waals surface area contributed by atoms with Gasteiger partial charge in [-0.1, -0.05) is 19.4 Å². The molecule has 36 heavy (non-hydrogen) atoms. The Labute approximate surface area is 210 Å². The molecule has 5 rings (SSSR count). The number of nitrogens with zero attached hydrogens (tertiary/aromatic N) is 7. The van der Waals surface area contributed by atoms with Gasteiger partial charge >= 0.3 is 0 Å². The van der Waals surface area contributed by atoms with Gasteiger partial charge in [0.05, 0.1) is 11.9 Å². The number of hydrogen-bond donors (Lipinski definition) is 1. The van der Waals surface area contributed by atoms with Crippen molar-refractivity contribution in [2.24, 2.45) is 0 Å². The summed E-state index contributed by atoms with van der Waals surface area (Å²) in [6, 6.07) is 5.25. The predicted octanol–water partition coefficient (Wildman–Crippen LogP) is 3.80. The van der Waals surface area contributed by atoms with Gasteiger partial charge in [0.2, 0.25) is 0 Å². The molecule has 0 amide bonds. The molecule has 1 aromatic carbocycles. The molecule has 2 aromatic heterocycles. The smallest absolute Gasteiger partial charge is 0.175 e. The number of aromatic amines is 1. The molecule has 0 unspecified atom stereocenters. The molecule has 1 atom stereocenters. The molecular formula is C26H34F2N8. The number of hydrogen-bond acceptors (Lipinski definition) is 7. The van der Waals surface area contributed by atoms with Gasteiger partial charge in [-0.15, -0.1) is 0 Å². The van der Waals surface area contributed by atoms with Crippen LogP contribution in [0.4, 0.5) is 14.6 Å². The normalized spacial score (nSPS) is 20.2. The highest BCUT2D eigenvalue weighted by Gasteiger charge is 2.34. The average Bonchev–Trinajstić information content (AvgIpc) is 3.42. The number of benzene rings is 1. The van der Waals surface area contributed by atoms with Gasteiger partial charge in [0, 0.05) is 38.3 Å². The van der Waals surface area contributed by atoms with Crippen LogP contribution < -0.4 is 4.90 Å². The monoisotopic (exact) mass is 496 g/mol. The zero-order valence-corrected chi connectivity index (χ0v) is 21.0. The van der Waals surface area contributed by atoms with Gasteiger partial charge in [0.25, 0.3) is 0 Å². The zero-order chi connectivity index (χ0) is 25.1. The van der Waals surface area contributed by atoms with Crippen molar-refractivity contribution >= 4 is 5.82 Å². The van der Waals surface area contributed by atoms with E-state index in [0.717, 1.165) is 75.5 Å². The highest BCUT2D eigenvalue weighted by Crippen LogP contribution is 2.28. The Morgan fingerprint density at radius 1 is 1.06 bits per heavy atom. The van der Waals surface area contributed by atoms with E-state index in [4.69, 9.17) is 9.97 Å². The molecule has 10 heteroatoms. The van der Waals surface area contributed by atoms with Crippen molar-refractivity contribution in [3.63, 3.8) is 0 Å². The summed E-state index contributed by atoms with van der Waals surface area (Å²) >= 11 is 0. The SMILES string of the molecule is CCC[C@H]1CN(c2ncc(-c3ncn[nH]3)nc2C)CCN1C1CCN(Cc2ccc(F)c(F)c2)CC1. The van der Waals surface area contributed by atoms with Gasteiger partial charge in [-0.25, -0.2) is 23.7 Å². The molecule has 192 valence electrons. The van der Waals surface area contributed by atoms with E-state index in [1.54, 1.807) is 12.3 Å². The number of halogens is 2. The number of nitrogens with one attached hydrogen (secondary N) is 1. The Bertz CT molecular complexity index is 1150. The first-order valence-corrected chi connectivity index (χ1v) is 12.9. The fraction of sp³-hybridized carbons (Fsp3) is 0.538. The summed E-state index contributed by atoms with van der Waals surface area (Å²) in [5, 5.41) is 6.75.